The Morgan fingerprint density at radius 1 is 1.29 bits per heavy atom. The van der Waals surface area contributed by atoms with Gasteiger partial charge in [0, 0.05) is 36.4 Å². The van der Waals surface area contributed by atoms with E-state index in [0.717, 1.165) is 13.1 Å². The molecule has 1 aliphatic heterocycles. The molecule has 0 spiro atoms. The quantitative estimate of drug-likeness (QED) is 0.888. The Labute approximate surface area is 132 Å². The van der Waals surface area contributed by atoms with E-state index in [1.54, 1.807) is 0 Å². The van der Waals surface area contributed by atoms with E-state index >= 15 is 0 Å². The fourth-order valence-electron chi connectivity index (χ4n) is 3.39. The highest BCUT2D eigenvalue weighted by molar-refractivity contribution is 7.17. The molecular formula is C18H26N2S. The van der Waals surface area contributed by atoms with Gasteiger partial charge in [-0.2, -0.15) is 0 Å². The molecule has 1 aromatic heterocycles. The van der Waals surface area contributed by atoms with Crippen LogP contribution in [0, 0.1) is 0 Å². The standard InChI is InChI=1S/C18H26N2S/c1-3-7-16-10-19-15(4-2)12-20(16)11-14-13-21-18-9-6-5-8-17(14)18/h5-6,8-9,13,15-16,19H,3-4,7,10-12H2,1-2H3. The Hall–Kier alpha value is -0.900. The summed E-state index contributed by atoms with van der Waals surface area (Å²) in [5, 5.41) is 7.52. The minimum Gasteiger partial charge on any atom is -0.311 e. The predicted molar refractivity (Wildman–Crippen MR) is 93.0 cm³/mol. The van der Waals surface area contributed by atoms with Crippen molar-refractivity contribution in [1.29, 1.82) is 0 Å². The van der Waals surface area contributed by atoms with Gasteiger partial charge in [-0.3, -0.25) is 4.90 Å². The van der Waals surface area contributed by atoms with Crippen LogP contribution in [0.5, 0.6) is 0 Å². The van der Waals surface area contributed by atoms with Crippen LogP contribution in [-0.2, 0) is 6.54 Å². The molecule has 0 saturated carbocycles. The number of nitrogens with zero attached hydrogens (tertiary/aromatic N) is 1. The Balaban J connectivity index is 1.79. The fraction of sp³-hybridized carbons (Fsp3) is 0.556. The van der Waals surface area contributed by atoms with Crippen molar-refractivity contribution in [2.45, 2.75) is 51.7 Å². The second kappa shape index (κ2) is 6.91. The summed E-state index contributed by atoms with van der Waals surface area (Å²) >= 11 is 1.88. The Bertz CT molecular complexity index is 577. The maximum atomic E-state index is 3.71. The first-order chi connectivity index (χ1) is 10.3. The van der Waals surface area contributed by atoms with Gasteiger partial charge in [0.1, 0.15) is 0 Å². The molecule has 1 N–H and O–H groups in total. The average Bonchev–Trinajstić information content (AvgIpc) is 2.92. The summed E-state index contributed by atoms with van der Waals surface area (Å²) in [6, 6.07) is 10.2. The van der Waals surface area contributed by atoms with Gasteiger partial charge in [-0.1, -0.05) is 38.5 Å². The SMILES string of the molecule is CCCC1CNC(CC)CN1Cc1csc2ccccc12. The second-order valence-electron chi connectivity index (χ2n) is 6.14. The van der Waals surface area contributed by atoms with Crippen molar-refractivity contribution in [3.05, 3.63) is 35.2 Å². The topological polar surface area (TPSA) is 15.3 Å². The van der Waals surface area contributed by atoms with E-state index in [4.69, 9.17) is 0 Å². The van der Waals surface area contributed by atoms with Crippen LogP contribution in [0.2, 0.25) is 0 Å². The van der Waals surface area contributed by atoms with Crippen LogP contribution in [0.4, 0.5) is 0 Å². The molecule has 2 atom stereocenters. The molecule has 1 aromatic carbocycles. The van der Waals surface area contributed by atoms with E-state index in [9.17, 15) is 0 Å². The highest BCUT2D eigenvalue weighted by Gasteiger charge is 2.26. The van der Waals surface area contributed by atoms with Gasteiger partial charge in [-0.25, -0.2) is 0 Å². The summed E-state index contributed by atoms with van der Waals surface area (Å²) < 4.78 is 1.42. The van der Waals surface area contributed by atoms with Crippen molar-refractivity contribution in [3.8, 4) is 0 Å². The number of rotatable bonds is 5. The van der Waals surface area contributed by atoms with Crippen molar-refractivity contribution in [2.75, 3.05) is 13.1 Å². The van der Waals surface area contributed by atoms with Crippen LogP contribution >= 0.6 is 11.3 Å². The molecule has 3 rings (SSSR count). The number of hydrogen-bond donors (Lipinski definition) is 1. The van der Waals surface area contributed by atoms with Crippen LogP contribution in [0.3, 0.4) is 0 Å². The lowest BCUT2D eigenvalue weighted by atomic mass is 10.0. The smallest absolute Gasteiger partial charge is 0.0346 e. The number of nitrogens with one attached hydrogen (secondary N) is 1. The van der Waals surface area contributed by atoms with E-state index in [1.807, 2.05) is 11.3 Å². The summed E-state index contributed by atoms with van der Waals surface area (Å²) in [6.45, 7) is 8.02. The highest BCUT2D eigenvalue weighted by atomic mass is 32.1. The molecule has 0 bridgehead atoms. The molecule has 2 aromatic rings. The van der Waals surface area contributed by atoms with E-state index in [2.05, 4.69) is 53.7 Å². The molecule has 0 amide bonds. The van der Waals surface area contributed by atoms with Crippen LogP contribution in [0.15, 0.2) is 29.6 Å². The zero-order valence-electron chi connectivity index (χ0n) is 13.1. The first-order valence-electron chi connectivity index (χ1n) is 8.24. The predicted octanol–water partition coefficient (Wildman–Crippen LogP) is 4.25. The molecule has 2 unspecified atom stereocenters. The number of piperazine rings is 1. The maximum absolute atomic E-state index is 3.71. The first-order valence-corrected chi connectivity index (χ1v) is 9.12. The Morgan fingerprint density at radius 2 is 2.14 bits per heavy atom. The molecule has 3 heteroatoms. The molecule has 1 fully saturated rings. The zero-order chi connectivity index (χ0) is 14.7. The number of thiophene rings is 1. The number of benzene rings is 1. The minimum atomic E-state index is 0.656. The van der Waals surface area contributed by atoms with Gasteiger partial charge < -0.3 is 5.32 Å². The van der Waals surface area contributed by atoms with Crippen LogP contribution in [0.25, 0.3) is 10.1 Å². The first kappa shape index (κ1) is 15.0. The summed E-state index contributed by atoms with van der Waals surface area (Å²) in [5.74, 6) is 0. The summed E-state index contributed by atoms with van der Waals surface area (Å²) in [7, 11) is 0. The molecule has 0 aliphatic carbocycles. The third-order valence-electron chi connectivity index (χ3n) is 4.66. The van der Waals surface area contributed by atoms with E-state index < -0.39 is 0 Å². The largest absolute Gasteiger partial charge is 0.311 e. The van der Waals surface area contributed by atoms with Gasteiger partial charge in [-0.05, 0) is 35.2 Å². The maximum Gasteiger partial charge on any atom is 0.0346 e. The van der Waals surface area contributed by atoms with Crippen molar-refractivity contribution in [2.24, 2.45) is 0 Å². The molecule has 1 aliphatic rings. The molecule has 2 heterocycles. The lowest BCUT2D eigenvalue weighted by Crippen LogP contribution is -2.55. The van der Waals surface area contributed by atoms with Crippen molar-refractivity contribution < 1.29 is 0 Å². The lowest BCUT2D eigenvalue weighted by molar-refractivity contribution is 0.114. The van der Waals surface area contributed by atoms with Gasteiger partial charge in [0.2, 0.25) is 0 Å². The summed E-state index contributed by atoms with van der Waals surface area (Å²) in [5.41, 5.74) is 1.51. The van der Waals surface area contributed by atoms with Crippen molar-refractivity contribution in [1.82, 2.24) is 10.2 Å². The lowest BCUT2D eigenvalue weighted by Gasteiger charge is -2.40. The molecule has 2 nitrogen and oxygen atoms in total. The summed E-state index contributed by atoms with van der Waals surface area (Å²) in [4.78, 5) is 2.71. The van der Waals surface area contributed by atoms with Gasteiger partial charge in [0.05, 0.1) is 0 Å². The van der Waals surface area contributed by atoms with Gasteiger partial charge >= 0.3 is 0 Å². The van der Waals surface area contributed by atoms with E-state index in [-0.39, 0.29) is 0 Å². The van der Waals surface area contributed by atoms with Crippen LogP contribution in [0.1, 0.15) is 38.7 Å². The molecular weight excluding hydrogens is 276 g/mol. The van der Waals surface area contributed by atoms with Crippen LogP contribution < -0.4 is 5.32 Å². The monoisotopic (exact) mass is 302 g/mol. The molecule has 1 saturated heterocycles. The molecule has 114 valence electrons. The van der Waals surface area contributed by atoms with Gasteiger partial charge in [-0.15, -0.1) is 11.3 Å². The Morgan fingerprint density at radius 3 is 2.95 bits per heavy atom. The van der Waals surface area contributed by atoms with Gasteiger partial charge in [0.15, 0.2) is 0 Å². The molecule has 0 radical (unpaired) electrons. The minimum absolute atomic E-state index is 0.656. The van der Waals surface area contributed by atoms with Crippen LogP contribution in [-0.4, -0.2) is 30.1 Å². The fourth-order valence-corrected chi connectivity index (χ4v) is 4.34. The molecule has 21 heavy (non-hydrogen) atoms. The zero-order valence-corrected chi connectivity index (χ0v) is 14.0. The average molecular weight is 302 g/mol. The van der Waals surface area contributed by atoms with Gasteiger partial charge in [0.25, 0.3) is 0 Å². The second-order valence-corrected chi connectivity index (χ2v) is 7.05. The number of hydrogen-bond acceptors (Lipinski definition) is 3. The normalized spacial score (nSPS) is 23.7. The highest BCUT2D eigenvalue weighted by Crippen LogP contribution is 2.28. The summed E-state index contributed by atoms with van der Waals surface area (Å²) in [6.07, 6.45) is 3.79. The van der Waals surface area contributed by atoms with Crippen molar-refractivity contribution in [3.63, 3.8) is 0 Å². The van der Waals surface area contributed by atoms with E-state index in [0.29, 0.717) is 12.1 Å². The Kier molecular flexibility index (Phi) is 4.94. The third kappa shape index (κ3) is 3.31. The van der Waals surface area contributed by atoms with E-state index in [1.165, 1.54) is 41.5 Å². The number of fused-ring (bicyclic) bond motifs is 1. The van der Waals surface area contributed by atoms with Crippen molar-refractivity contribution >= 4 is 21.4 Å². The third-order valence-corrected chi connectivity index (χ3v) is 5.68.